The first-order chi connectivity index (χ1) is 10.1. The van der Waals surface area contributed by atoms with Crippen LogP contribution in [0.1, 0.15) is 50.1 Å². The molecule has 21 heavy (non-hydrogen) atoms. The average molecular weight is 305 g/mol. The molecule has 0 N–H and O–H groups in total. The molecular formula is C18H21ClO2. The number of ketones is 1. The van der Waals surface area contributed by atoms with Crippen LogP contribution in [-0.4, -0.2) is 5.78 Å². The van der Waals surface area contributed by atoms with Crippen LogP contribution in [0.25, 0.3) is 11.0 Å². The molecule has 112 valence electrons. The first-order valence-corrected chi connectivity index (χ1v) is 8.16. The van der Waals surface area contributed by atoms with Crippen molar-refractivity contribution in [3.63, 3.8) is 0 Å². The topological polar surface area (TPSA) is 30.2 Å². The van der Waals surface area contributed by atoms with Gasteiger partial charge in [0.05, 0.1) is 5.02 Å². The van der Waals surface area contributed by atoms with Gasteiger partial charge in [0.1, 0.15) is 0 Å². The van der Waals surface area contributed by atoms with Crippen LogP contribution in [0.4, 0.5) is 0 Å². The Hall–Kier alpha value is -1.28. The van der Waals surface area contributed by atoms with E-state index in [1.807, 2.05) is 18.2 Å². The summed E-state index contributed by atoms with van der Waals surface area (Å²) < 4.78 is 5.71. The van der Waals surface area contributed by atoms with Crippen molar-refractivity contribution in [3.8, 4) is 0 Å². The van der Waals surface area contributed by atoms with Crippen LogP contribution in [0.15, 0.2) is 28.7 Å². The fourth-order valence-corrected chi connectivity index (χ4v) is 3.62. The highest BCUT2D eigenvalue weighted by Crippen LogP contribution is 2.36. The molecule has 1 aromatic heterocycles. The van der Waals surface area contributed by atoms with Gasteiger partial charge in [-0.15, -0.1) is 0 Å². The van der Waals surface area contributed by atoms with E-state index in [9.17, 15) is 4.79 Å². The molecule has 2 nitrogen and oxygen atoms in total. The van der Waals surface area contributed by atoms with Gasteiger partial charge in [0.2, 0.25) is 5.78 Å². The average Bonchev–Trinajstić information content (AvgIpc) is 2.92. The smallest absolute Gasteiger partial charge is 0.201 e. The van der Waals surface area contributed by atoms with Gasteiger partial charge in [0.15, 0.2) is 11.3 Å². The van der Waals surface area contributed by atoms with Gasteiger partial charge in [-0.05, 0) is 49.7 Å². The molecule has 1 aliphatic carbocycles. The first kappa shape index (κ1) is 14.6. The predicted octanol–water partition coefficient (Wildman–Crippen LogP) is 5.73. The number of Topliss-reactive ketones (excluding diaryl/α,β-unsaturated/α-hetero) is 1. The molecule has 3 heteroatoms. The van der Waals surface area contributed by atoms with Crippen molar-refractivity contribution >= 4 is 28.4 Å². The Morgan fingerprint density at radius 1 is 1.24 bits per heavy atom. The summed E-state index contributed by atoms with van der Waals surface area (Å²) in [6.07, 6.45) is 4.25. The number of para-hydroxylation sites is 1. The van der Waals surface area contributed by atoms with Gasteiger partial charge in [-0.25, -0.2) is 0 Å². The summed E-state index contributed by atoms with van der Waals surface area (Å²) in [7, 11) is 0. The highest BCUT2D eigenvalue weighted by atomic mass is 35.5. The lowest BCUT2D eigenvalue weighted by molar-refractivity contribution is 0.0832. The van der Waals surface area contributed by atoms with Crippen molar-refractivity contribution in [3.05, 3.63) is 35.0 Å². The Morgan fingerprint density at radius 2 is 1.95 bits per heavy atom. The van der Waals surface area contributed by atoms with Crippen LogP contribution in [0.2, 0.25) is 5.02 Å². The van der Waals surface area contributed by atoms with Gasteiger partial charge >= 0.3 is 0 Å². The molecule has 0 aliphatic heterocycles. The summed E-state index contributed by atoms with van der Waals surface area (Å²) in [6, 6.07) is 7.42. The Bertz CT molecular complexity index is 648. The third-order valence-electron chi connectivity index (χ3n) is 4.82. The monoisotopic (exact) mass is 304 g/mol. The SMILES string of the molecule is CC(C)C1CCC(C(=O)c2cc3cccc(Cl)c3o2)CC1. The van der Waals surface area contributed by atoms with Crippen LogP contribution in [0.3, 0.4) is 0 Å². The number of hydrogen-bond acceptors (Lipinski definition) is 2. The summed E-state index contributed by atoms with van der Waals surface area (Å²) in [5.74, 6) is 2.19. The molecule has 0 radical (unpaired) electrons. The van der Waals surface area contributed by atoms with E-state index >= 15 is 0 Å². The molecule has 3 rings (SSSR count). The lowest BCUT2D eigenvalue weighted by Crippen LogP contribution is -2.24. The predicted molar refractivity (Wildman–Crippen MR) is 85.8 cm³/mol. The second-order valence-corrected chi connectivity index (χ2v) is 6.90. The molecule has 1 saturated carbocycles. The number of fused-ring (bicyclic) bond motifs is 1. The van der Waals surface area contributed by atoms with Gasteiger partial charge in [-0.2, -0.15) is 0 Å². The molecule has 0 bridgehead atoms. The van der Waals surface area contributed by atoms with Gasteiger partial charge in [0.25, 0.3) is 0 Å². The minimum absolute atomic E-state index is 0.110. The van der Waals surface area contributed by atoms with Crippen LogP contribution in [0, 0.1) is 17.8 Å². The maximum absolute atomic E-state index is 12.6. The lowest BCUT2D eigenvalue weighted by Gasteiger charge is -2.29. The molecule has 0 spiro atoms. The molecule has 0 atom stereocenters. The zero-order valence-corrected chi connectivity index (χ0v) is 13.3. The van der Waals surface area contributed by atoms with Crippen LogP contribution < -0.4 is 0 Å². The molecule has 0 saturated heterocycles. The zero-order valence-electron chi connectivity index (χ0n) is 12.6. The summed E-state index contributed by atoms with van der Waals surface area (Å²) in [4.78, 5) is 12.6. The molecule has 1 aliphatic rings. The Morgan fingerprint density at radius 3 is 2.57 bits per heavy atom. The van der Waals surface area contributed by atoms with Gasteiger partial charge in [0, 0.05) is 11.3 Å². The fourth-order valence-electron chi connectivity index (χ4n) is 3.40. The number of hydrogen-bond donors (Lipinski definition) is 0. The third kappa shape index (κ3) is 2.87. The summed E-state index contributed by atoms with van der Waals surface area (Å²) in [5, 5.41) is 1.47. The van der Waals surface area contributed by atoms with E-state index < -0.39 is 0 Å². The van der Waals surface area contributed by atoms with Crippen molar-refractivity contribution < 1.29 is 9.21 Å². The lowest BCUT2D eigenvalue weighted by atomic mass is 9.75. The highest BCUT2D eigenvalue weighted by molar-refractivity contribution is 6.34. The quantitative estimate of drug-likeness (QED) is 0.678. The Balaban J connectivity index is 1.77. The van der Waals surface area contributed by atoms with Crippen molar-refractivity contribution in [2.24, 2.45) is 17.8 Å². The number of halogens is 1. The van der Waals surface area contributed by atoms with Crippen molar-refractivity contribution in [2.45, 2.75) is 39.5 Å². The second kappa shape index (κ2) is 5.84. The standard InChI is InChI=1S/C18H21ClO2/c1-11(2)12-6-8-13(9-7-12)17(20)16-10-14-4-3-5-15(19)18(14)21-16/h3-5,10-13H,6-9H2,1-2H3. The summed E-state index contributed by atoms with van der Waals surface area (Å²) in [5.41, 5.74) is 0.624. The van der Waals surface area contributed by atoms with E-state index in [0.29, 0.717) is 22.3 Å². The van der Waals surface area contributed by atoms with E-state index in [1.54, 1.807) is 6.07 Å². The van der Waals surface area contributed by atoms with Crippen LogP contribution >= 0.6 is 11.6 Å². The van der Waals surface area contributed by atoms with E-state index in [4.69, 9.17) is 16.0 Å². The maximum Gasteiger partial charge on any atom is 0.201 e. The van der Waals surface area contributed by atoms with Gasteiger partial charge < -0.3 is 4.42 Å². The minimum atomic E-state index is 0.110. The van der Waals surface area contributed by atoms with Gasteiger partial charge in [-0.1, -0.05) is 37.6 Å². The number of benzene rings is 1. The molecule has 0 unspecified atom stereocenters. The summed E-state index contributed by atoms with van der Waals surface area (Å²) >= 11 is 6.11. The van der Waals surface area contributed by atoms with Crippen molar-refractivity contribution in [2.75, 3.05) is 0 Å². The fraction of sp³-hybridized carbons (Fsp3) is 0.500. The zero-order chi connectivity index (χ0) is 15.0. The van der Waals surface area contributed by atoms with E-state index in [0.717, 1.165) is 37.0 Å². The second-order valence-electron chi connectivity index (χ2n) is 6.49. The molecule has 2 aromatic rings. The molecule has 1 fully saturated rings. The number of carbonyl (C=O) groups excluding carboxylic acids is 1. The number of furan rings is 1. The third-order valence-corrected chi connectivity index (χ3v) is 5.12. The van der Waals surface area contributed by atoms with Crippen LogP contribution in [0.5, 0.6) is 0 Å². The molecular weight excluding hydrogens is 284 g/mol. The summed E-state index contributed by atoms with van der Waals surface area (Å²) in [6.45, 7) is 4.54. The highest BCUT2D eigenvalue weighted by Gasteiger charge is 2.30. The Kier molecular flexibility index (Phi) is 4.08. The minimum Gasteiger partial charge on any atom is -0.451 e. The van der Waals surface area contributed by atoms with Crippen molar-refractivity contribution in [1.82, 2.24) is 0 Å². The van der Waals surface area contributed by atoms with E-state index in [-0.39, 0.29) is 11.7 Å². The largest absolute Gasteiger partial charge is 0.451 e. The van der Waals surface area contributed by atoms with E-state index in [2.05, 4.69) is 13.8 Å². The van der Waals surface area contributed by atoms with Crippen molar-refractivity contribution in [1.29, 1.82) is 0 Å². The normalized spacial score (nSPS) is 22.9. The van der Waals surface area contributed by atoms with Crippen LogP contribution in [-0.2, 0) is 0 Å². The molecule has 1 aromatic carbocycles. The maximum atomic E-state index is 12.6. The van der Waals surface area contributed by atoms with E-state index in [1.165, 1.54) is 0 Å². The molecule has 0 amide bonds. The number of rotatable bonds is 3. The number of carbonyl (C=O) groups is 1. The molecule has 1 heterocycles. The van der Waals surface area contributed by atoms with Gasteiger partial charge in [-0.3, -0.25) is 4.79 Å². The first-order valence-electron chi connectivity index (χ1n) is 7.78. The Labute approximate surface area is 130 Å².